The van der Waals surface area contributed by atoms with Gasteiger partial charge in [-0.2, -0.15) is 0 Å². The van der Waals surface area contributed by atoms with Crippen molar-refractivity contribution in [1.82, 2.24) is 0 Å². The number of rotatable bonds is 9. The normalized spacial score (nSPS) is 37.5. The molecule has 0 radical (unpaired) electrons. The predicted octanol–water partition coefficient (Wildman–Crippen LogP) is 13.6. The summed E-state index contributed by atoms with van der Waals surface area (Å²) < 4.78 is 67.2. The van der Waals surface area contributed by atoms with E-state index in [4.69, 9.17) is 31.4 Å². The topological polar surface area (TPSA) is 106 Å². The van der Waals surface area contributed by atoms with Gasteiger partial charge in [0.25, 0.3) is 0 Å². The molecule has 0 saturated heterocycles. The Bertz CT molecular complexity index is 2320. The Morgan fingerprint density at radius 3 is 0.841 bits per heavy atom. The average Bonchev–Trinajstić information content (AvgIpc) is 3.21. The van der Waals surface area contributed by atoms with Crippen LogP contribution in [0.5, 0.6) is 34.5 Å². The van der Waals surface area contributed by atoms with Crippen LogP contribution in [-0.2, 0) is 16.2 Å². The van der Waals surface area contributed by atoms with Gasteiger partial charge in [0.2, 0.25) is 5.75 Å². The third kappa shape index (κ3) is 6.16. The fourth-order valence-electron chi connectivity index (χ4n) is 17.9. The van der Waals surface area contributed by atoms with Crippen LogP contribution in [0.25, 0.3) is 0 Å². The molecule has 12 bridgehead atoms. The van der Waals surface area contributed by atoms with Crippen LogP contribution in [0.1, 0.15) is 132 Å². The zero-order valence-electron chi connectivity index (χ0n) is 36.2. The Labute approximate surface area is 368 Å². The van der Waals surface area contributed by atoms with Gasteiger partial charge < -0.3 is 31.4 Å². The molecule has 6 nitrogen and oxygen atoms in total. The summed E-state index contributed by atoms with van der Waals surface area (Å²) in [5.74, 6) is 7.08. The molecule has 0 amide bonds. The minimum absolute atomic E-state index is 0.00221. The molecule has 4 aromatic carbocycles. The predicted molar refractivity (Wildman–Crippen MR) is 239 cm³/mol. The molecule has 330 valence electrons. The number of hydrogen-bond donors (Lipinski definition) is 3. The fraction of sp³-hybridized carbons (Fsp3) is 0.556. The maximum absolute atomic E-state index is 15.0. The number of nitrogen functional groups attached to an aromatic ring is 3. The van der Waals surface area contributed by atoms with Crippen molar-refractivity contribution in [2.45, 2.75) is 132 Å². The molecule has 4 aromatic rings. The zero-order chi connectivity index (χ0) is 42.6. The van der Waals surface area contributed by atoms with E-state index in [2.05, 4.69) is 0 Å². The fourth-order valence-corrected chi connectivity index (χ4v) is 17.9. The van der Waals surface area contributed by atoms with Crippen molar-refractivity contribution in [2.75, 3.05) is 17.2 Å². The Morgan fingerprint density at radius 1 is 0.349 bits per heavy atom. The van der Waals surface area contributed by atoms with Crippen LogP contribution in [0, 0.1) is 70.7 Å². The summed E-state index contributed by atoms with van der Waals surface area (Å²) in [4.78, 5) is 0. The highest BCUT2D eigenvalue weighted by Crippen LogP contribution is 2.73. The van der Waals surface area contributed by atoms with Gasteiger partial charge in [0, 0.05) is 40.2 Å². The van der Waals surface area contributed by atoms with Crippen LogP contribution in [0.3, 0.4) is 0 Å². The number of ether oxygens (including phenoxy) is 3. The minimum atomic E-state index is -0.528. The van der Waals surface area contributed by atoms with Gasteiger partial charge in [-0.15, -0.1) is 0 Å². The maximum Gasteiger partial charge on any atom is 0.212 e. The van der Waals surface area contributed by atoms with E-state index in [1.165, 1.54) is 98.7 Å². The highest BCUT2D eigenvalue weighted by Gasteiger charge is 2.62. The second-order valence-electron chi connectivity index (χ2n) is 23.1. The lowest BCUT2D eigenvalue weighted by molar-refractivity contribution is -0.0255. The average molecular weight is 856 g/mol. The molecule has 12 fully saturated rings. The van der Waals surface area contributed by atoms with Crippen molar-refractivity contribution in [3.63, 3.8) is 0 Å². The van der Waals surface area contributed by atoms with E-state index in [0.717, 1.165) is 57.8 Å². The Morgan fingerprint density at radius 2 is 0.587 bits per heavy atom. The molecule has 0 heterocycles. The van der Waals surface area contributed by atoms with Gasteiger partial charge in [0.15, 0.2) is 11.5 Å². The van der Waals surface area contributed by atoms with E-state index in [1.807, 2.05) is 0 Å². The Kier molecular flexibility index (Phi) is 8.48. The second-order valence-corrected chi connectivity index (χ2v) is 23.1. The van der Waals surface area contributed by atoms with Gasteiger partial charge in [-0.3, -0.25) is 0 Å². The van der Waals surface area contributed by atoms with Crippen LogP contribution < -0.4 is 31.4 Å². The molecule has 9 heteroatoms. The quantitative estimate of drug-likeness (QED) is 0.145. The van der Waals surface area contributed by atoms with Crippen LogP contribution in [0.15, 0.2) is 54.6 Å². The van der Waals surface area contributed by atoms with E-state index < -0.39 is 17.5 Å². The molecule has 6 N–H and O–H groups in total. The van der Waals surface area contributed by atoms with E-state index in [9.17, 15) is 4.39 Å². The van der Waals surface area contributed by atoms with E-state index in [1.54, 1.807) is 30.3 Å². The van der Waals surface area contributed by atoms with Crippen molar-refractivity contribution in [1.29, 1.82) is 0 Å². The van der Waals surface area contributed by atoms with Gasteiger partial charge in [0.05, 0.1) is 17.1 Å². The number of halogens is 3. The zero-order valence-corrected chi connectivity index (χ0v) is 36.2. The lowest BCUT2D eigenvalue weighted by Gasteiger charge is -2.63. The molecular formula is C54H60F3N3O3. The van der Waals surface area contributed by atoms with Crippen molar-refractivity contribution in [3.05, 3.63) is 88.7 Å². The molecule has 16 rings (SSSR count). The van der Waals surface area contributed by atoms with Gasteiger partial charge >= 0.3 is 0 Å². The Balaban J connectivity index is 1.18. The maximum atomic E-state index is 15.0. The van der Waals surface area contributed by atoms with Crippen molar-refractivity contribution >= 4 is 17.1 Å². The van der Waals surface area contributed by atoms with Crippen molar-refractivity contribution in [2.24, 2.45) is 53.3 Å². The summed E-state index contributed by atoms with van der Waals surface area (Å²) in [5.41, 5.74) is 22.6. The largest absolute Gasteiger partial charge is 0.453 e. The number of nitrogens with two attached hydrogens (primary N) is 3. The standard InChI is InChI=1S/C54H60F3N3O3/c55-40-4-1-37(16-43(40)58)61-49-47(53-22-31-10-32(23-53)12-33(11-31)24-53)46(52-19-28-7-29(20-52)9-30(8-28)21-52)48(54-25-34-13-35(26-54)15-36(14-34)27-54)50(62-38-2-5-41(56)44(59)17-38)51(49)63-39-3-6-42(57)45(60)18-39/h1-6,16-18,28-36H,7-15,19-27,58-60H2. The summed E-state index contributed by atoms with van der Waals surface area (Å²) in [7, 11) is 0. The Hall–Kier alpha value is -4.53. The summed E-state index contributed by atoms with van der Waals surface area (Å²) in [6.07, 6.45) is 21.6. The summed E-state index contributed by atoms with van der Waals surface area (Å²) in [6, 6.07) is 13.7. The van der Waals surface area contributed by atoms with E-state index >= 15 is 8.78 Å². The second kappa shape index (κ2) is 13.7. The SMILES string of the molecule is Nc1cc(Oc2c(Oc3ccc(F)c(N)c3)c(C34CC5CC(CC(C5)C3)C4)c(C34CC5CC(CC(C5)C3)C4)c(C34CC5CC(CC(C5)C3)C4)c2Oc2ccc(F)c(N)c2)ccc1F. The first-order valence-electron chi connectivity index (χ1n) is 24.3. The highest BCUT2D eigenvalue weighted by atomic mass is 19.1. The molecule has 12 aliphatic rings. The number of hydrogen-bond acceptors (Lipinski definition) is 6. The minimum Gasteiger partial charge on any atom is -0.453 e. The monoisotopic (exact) mass is 855 g/mol. The number of benzene rings is 4. The van der Waals surface area contributed by atoms with Crippen molar-refractivity contribution in [3.8, 4) is 34.5 Å². The van der Waals surface area contributed by atoms with Crippen LogP contribution in [0.2, 0.25) is 0 Å². The van der Waals surface area contributed by atoms with Crippen molar-refractivity contribution < 1.29 is 27.4 Å². The third-order valence-electron chi connectivity index (χ3n) is 18.6. The first kappa shape index (κ1) is 38.9. The number of anilines is 3. The summed E-state index contributed by atoms with van der Waals surface area (Å²) in [6.45, 7) is 0. The van der Waals surface area contributed by atoms with Gasteiger partial charge in [0.1, 0.15) is 34.7 Å². The molecule has 0 spiro atoms. The molecule has 0 unspecified atom stereocenters. The molecule has 0 atom stereocenters. The molecular weight excluding hydrogens is 796 g/mol. The molecule has 0 aromatic heterocycles. The smallest absolute Gasteiger partial charge is 0.212 e. The molecule has 12 aliphatic carbocycles. The van der Waals surface area contributed by atoms with Crippen LogP contribution >= 0.6 is 0 Å². The van der Waals surface area contributed by atoms with Gasteiger partial charge in [-0.05, 0) is 216 Å². The third-order valence-corrected chi connectivity index (χ3v) is 18.6. The lowest BCUT2D eigenvalue weighted by atomic mass is 9.41. The lowest BCUT2D eigenvalue weighted by Crippen LogP contribution is -2.55. The molecule has 0 aliphatic heterocycles. The van der Waals surface area contributed by atoms with Crippen LogP contribution in [0.4, 0.5) is 30.2 Å². The first-order valence-corrected chi connectivity index (χ1v) is 24.3. The first-order chi connectivity index (χ1) is 30.4. The molecule has 12 saturated carbocycles. The molecule has 63 heavy (non-hydrogen) atoms. The van der Waals surface area contributed by atoms with E-state index in [0.29, 0.717) is 87.8 Å². The summed E-state index contributed by atoms with van der Waals surface area (Å²) in [5, 5.41) is 0. The van der Waals surface area contributed by atoms with Gasteiger partial charge in [-0.1, -0.05) is 0 Å². The summed E-state index contributed by atoms with van der Waals surface area (Å²) >= 11 is 0. The van der Waals surface area contributed by atoms with Crippen LogP contribution in [-0.4, -0.2) is 0 Å². The van der Waals surface area contributed by atoms with E-state index in [-0.39, 0.29) is 33.3 Å². The highest BCUT2D eigenvalue weighted by molar-refractivity contribution is 5.73. The van der Waals surface area contributed by atoms with Gasteiger partial charge in [-0.25, -0.2) is 13.2 Å².